The van der Waals surface area contributed by atoms with Gasteiger partial charge in [-0.05, 0) is 23.8 Å². The lowest BCUT2D eigenvalue weighted by molar-refractivity contribution is 0.0989. The van der Waals surface area contributed by atoms with Crippen molar-refractivity contribution in [3.63, 3.8) is 0 Å². The molecule has 0 atom stereocenters. The minimum Gasteiger partial charge on any atom is -0.292 e. The van der Waals surface area contributed by atoms with Crippen molar-refractivity contribution in [1.29, 1.82) is 0 Å². The highest BCUT2D eigenvalue weighted by Crippen LogP contribution is 2.24. The Morgan fingerprint density at radius 2 is 1.95 bits per heavy atom. The number of carbonyl (C=O) groups is 1. The van der Waals surface area contributed by atoms with Crippen molar-refractivity contribution in [2.45, 2.75) is 6.42 Å². The van der Waals surface area contributed by atoms with Gasteiger partial charge in [0.2, 0.25) is 0 Å². The molecule has 3 rings (SSSR count). The van der Waals surface area contributed by atoms with Gasteiger partial charge >= 0.3 is 0 Å². The molecule has 0 saturated carbocycles. The third-order valence-electron chi connectivity index (χ3n) is 3.39. The summed E-state index contributed by atoms with van der Waals surface area (Å²) in [4.78, 5) is 12.5. The van der Waals surface area contributed by atoms with E-state index in [9.17, 15) is 4.79 Å². The standard InChI is InChI=1S/C16H12Cl2N2O/c1-20-14-5-3-2-4-12(14)16(19-20)15(21)8-10-6-7-11(17)9-13(10)18/h2-7,9H,8H2,1H3. The first-order valence-electron chi connectivity index (χ1n) is 6.45. The highest BCUT2D eigenvalue weighted by atomic mass is 35.5. The van der Waals surface area contributed by atoms with E-state index >= 15 is 0 Å². The van der Waals surface area contributed by atoms with E-state index in [1.54, 1.807) is 22.9 Å². The van der Waals surface area contributed by atoms with Crippen LogP contribution in [0.4, 0.5) is 0 Å². The van der Waals surface area contributed by atoms with Crippen LogP contribution in [0.2, 0.25) is 10.0 Å². The summed E-state index contributed by atoms with van der Waals surface area (Å²) in [5.74, 6) is -0.0592. The molecule has 0 radical (unpaired) electrons. The first kappa shape index (κ1) is 14.1. The van der Waals surface area contributed by atoms with Crippen molar-refractivity contribution in [2.75, 3.05) is 0 Å². The second kappa shape index (κ2) is 5.51. The number of fused-ring (bicyclic) bond motifs is 1. The maximum absolute atomic E-state index is 12.5. The number of hydrogen-bond acceptors (Lipinski definition) is 2. The van der Waals surface area contributed by atoms with Gasteiger partial charge in [0.25, 0.3) is 0 Å². The Balaban J connectivity index is 1.98. The highest BCUT2D eigenvalue weighted by Gasteiger charge is 2.17. The summed E-state index contributed by atoms with van der Waals surface area (Å²) >= 11 is 12.0. The Hall–Kier alpha value is -1.84. The van der Waals surface area contributed by atoms with Crippen LogP contribution < -0.4 is 0 Å². The number of nitrogens with zero attached hydrogens (tertiary/aromatic N) is 2. The van der Waals surface area contributed by atoms with Crippen LogP contribution in [0.15, 0.2) is 42.5 Å². The Bertz CT molecular complexity index is 839. The molecule has 2 aromatic carbocycles. The summed E-state index contributed by atoms with van der Waals surface area (Å²) in [6.07, 6.45) is 0.205. The Labute approximate surface area is 132 Å². The number of aryl methyl sites for hydroxylation is 1. The molecule has 0 fully saturated rings. The molecular formula is C16H12Cl2N2O. The van der Waals surface area contributed by atoms with Gasteiger partial charge in [-0.3, -0.25) is 9.48 Å². The van der Waals surface area contributed by atoms with E-state index in [2.05, 4.69) is 5.10 Å². The van der Waals surface area contributed by atoms with Crippen LogP contribution in [0.25, 0.3) is 10.9 Å². The smallest absolute Gasteiger partial charge is 0.188 e. The molecule has 0 bridgehead atoms. The highest BCUT2D eigenvalue weighted by molar-refractivity contribution is 6.35. The second-order valence-corrected chi connectivity index (χ2v) is 5.67. The zero-order chi connectivity index (χ0) is 15.0. The summed E-state index contributed by atoms with van der Waals surface area (Å²) in [5.41, 5.74) is 2.16. The lowest BCUT2D eigenvalue weighted by Crippen LogP contribution is -2.06. The second-order valence-electron chi connectivity index (χ2n) is 4.83. The molecule has 1 aromatic heterocycles. The number of hydrogen-bond donors (Lipinski definition) is 0. The minimum absolute atomic E-state index is 0.0592. The summed E-state index contributed by atoms with van der Waals surface area (Å²) < 4.78 is 1.71. The Kier molecular flexibility index (Phi) is 3.70. The molecule has 0 aliphatic carbocycles. The van der Waals surface area contributed by atoms with Crippen molar-refractivity contribution in [1.82, 2.24) is 9.78 Å². The molecule has 0 amide bonds. The molecule has 3 aromatic rings. The van der Waals surface area contributed by atoms with E-state index in [4.69, 9.17) is 23.2 Å². The maximum atomic E-state index is 12.5. The fourth-order valence-corrected chi connectivity index (χ4v) is 2.82. The van der Waals surface area contributed by atoms with E-state index in [0.717, 1.165) is 16.5 Å². The van der Waals surface area contributed by atoms with Crippen LogP contribution in [0.5, 0.6) is 0 Å². The molecular weight excluding hydrogens is 307 g/mol. The first-order valence-corrected chi connectivity index (χ1v) is 7.20. The van der Waals surface area contributed by atoms with Crippen LogP contribution in [-0.2, 0) is 13.5 Å². The van der Waals surface area contributed by atoms with Gasteiger partial charge in [-0.2, -0.15) is 5.10 Å². The molecule has 21 heavy (non-hydrogen) atoms. The molecule has 0 aliphatic heterocycles. The number of carbonyl (C=O) groups excluding carboxylic acids is 1. The van der Waals surface area contributed by atoms with E-state index < -0.39 is 0 Å². The van der Waals surface area contributed by atoms with Crippen molar-refractivity contribution in [2.24, 2.45) is 7.05 Å². The van der Waals surface area contributed by atoms with Crippen molar-refractivity contribution in [3.8, 4) is 0 Å². The van der Waals surface area contributed by atoms with E-state index in [-0.39, 0.29) is 12.2 Å². The van der Waals surface area contributed by atoms with E-state index in [0.29, 0.717) is 15.7 Å². The van der Waals surface area contributed by atoms with Gasteiger partial charge in [0, 0.05) is 28.9 Å². The maximum Gasteiger partial charge on any atom is 0.188 e. The fourth-order valence-electron chi connectivity index (χ4n) is 2.34. The predicted octanol–water partition coefficient (Wildman–Crippen LogP) is 4.31. The predicted molar refractivity (Wildman–Crippen MR) is 85.2 cm³/mol. The summed E-state index contributed by atoms with van der Waals surface area (Å²) in [6.45, 7) is 0. The van der Waals surface area contributed by atoms with Crippen molar-refractivity contribution < 1.29 is 4.79 Å². The lowest BCUT2D eigenvalue weighted by atomic mass is 10.0. The summed E-state index contributed by atoms with van der Waals surface area (Å²) in [5, 5.41) is 6.24. The van der Waals surface area contributed by atoms with E-state index in [1.165, 1.54) is 0 Å². The zero-order valence-corrected chi connectivity index (χ0v) is 12.8. The van der Waals surface area contributed by atoms with Crippen molar-refractivity contribution in [3.05, 3.63) is 63.8 Å². The van der Waals surface area contributed by atoms with Gasteiger partial charge in [0.05, 0.1) is 5.52 Å². The largest absolute Gasteiger partial charge is 0.292 e. The summed E-state index contributed by atoms with van der Waals surface area (Å²) in [7, 11) is 1.83. The number of rotatable bonds is 3. The van der Waals surface area contributed by atoms with Crippen LogP contribution in [0.3, 0.4) is 0 Å². The number of benzene rings is 2. The average Bonchev–Trinajstić information content (AvgIpc) is 2.80. The summed E-state index contributed by atoms with van der Waals surface area (Å²) in [6, 6.07) is 12.8. The molecule has 0 spiro atoms. The third kappa shape index (κ3) is 2.67. The molecule has 1 heterocycles. The molecule has 5 heteroatoms. The van der Waals surface area contributed by atoms with Crippen LogP contribution in [0.1, 0.15) is 16.1 Å². The lowest BCUT2D eigenvalue weighted by Gasteiger charge is -2.03. The minimum atomic E-state index is -0.0592. The van der Waals surface area contributed by atoms with Crippen LogP contribution >= 0.6 is 23.2 Å². The Morgan fingerprint density at radius 1 is 1.19 bits per heavy atom. The number of aromatic nitrogens is 2. The topological polar surface area (TPSA) is 34.9 Å². The normalized spacial score (nSPS) is 11.0. The zero-order valence-electron chi connectivity index (χ0n) is 11.3. The Morgan fingerprint density at radius 3 is 2.71 bits per heavy atom. The number of halogens is 2. The van der Waals surface area contributed by atoms with Crippen LogP contribution in [-0.4, -0.2) is 15.6 Å². The molecule has 0 saturated heterocycles. The first-order chi connectivity index (χ1) is 10.1. The van der Waals surface area contributed by atoms with Gasteiger partial charge in [-0.25, -0.2) is 0 Å². The molecule has 0 N–H and O–H groups in total. The van der Waals surface area contributed by atoms with Gasteiger partial charge in [-0.1, -0.05) is 47.5 Å². The quantitative estimate of drug-likeness (QED) is 0.675. The van der Waals surface area contributed by atoms with Gasteiger partial charge in [0.1, 0.15) is 5.69 Å². The van der Waals surface area contributed by atoms with Crippen LogP contribution in [0, 0.1) is 0 Å². The van der Waals surface area contributed by atoms with Gasteiger partial charge in [0.15, 0.2) is 5.78 Å². The molecule has 106 valence electrons. The van der Waals surface area contributed by atoms with Crippen molar-refractivity contribution >= 4 is 39.9 Å². The fraction of sp³-hybridized carbons (Fsp3) is 0.125. The van der Waals surface area contributed by atoms with Gasteiger partial charge < -0.3 is 0 Å². The SMILES string of the molecule is Cn1nc(C(=O)Cc2ccc(Cl)cc2Cl)c2ccccc21. The molecule has 0 aliphatic rings. The molecule has 3 nitrogen and oxygen atoms in total. The molecule has 0 unspecified atom stereocenters. The number of Topliss-reactive ketones (excluding diaryl/α,β-unsaturated/α-hetero) is 1. The average molecular weight is 319 g/mol. The monoisotopic (exact) mass is 318 g/mol. The van der Waals surface area contributed by atoms with E-state index in [1.807, 2.05) is 31.3 Å². The number of para-hydroxylation sites is 1. The van der Waals surface area contributed by atoms with Gasteiger partial charge in [-0.15, -0.1) is 0 Å². The number of ketones is 1. The third-order valence-corrected chi connectivity index (χ3v) is 3.97.